The maximum absolute atomic E-state index is 6.10. The molecule has 0 saturated carbocycles. The van der Waals surface area contributed by atoms with Crippen LogP contribution in [0.15, 0.2) is 24.7 Å². The summed E-state index contributed by atoms with van der Waals surface area (Å²) in [6, 6.07) is 0.483. The molecule has 5 heteroatoms. The molecule has 3 rings (SSSR count). The number of nitrogens with zero attached hydrogens (tertiary/aromatic N) is 3. The van der Waals surface area contributed by atoms with Gasteiger partial charge < -0.3 is 4.57 Å². The second-order valence-electron chi connectivity index (χ2n) is 3.84. The van der Waals surface area contributed by atoms with Crippen LogP contribution < -0.4 is 0 Å². The van der Waals surface area contributed by atoms with Crippen LogP contribution in [0.3, 0.4) is 0 Å². The predicted molar refractivity (Wildman–Crippen MR) is 72.7 cm³/mol. The summed E-state index contributed by atoms with van der Waals surface area (Å²) in [4.78, 5) is 8.37. The van der Waals surface area contributed by atoms with Gasteiger partial charge in [-0.25, -0.2) is 9.97 Å². The van der Waals surface area contributed by atoms with Crippen LogP contribution in [0.25, 0.3) is 11.0 Å². The Labute approximate surface area is 112 Å². The van der Waals surface area contributed by atoms with E-state index in [1.54, 1.807) is 0 Å². The lowest BCUT2D eigenvalue weighted by atomic mass is 10.2. The Bertz CT molecular complexity index is 568. The molecule has 0 aromatic carbocycles. The first-order valence-electron chi connectivity index (χ1n) is 5.09. The SMILES string of the molecule is Clc1ncnc2c1c(I)cn2C1CC=CC1. The Balaban J connectivity index is 2.22. The van der Waals surface area contributed by atoms with Crippen LogP contribution in [0, 0.1) is 3.57 Å². The van der Waals surface area contributed by atoms with Crippen molar-refractivity contribution >= 4 is 45.2 Å². The quantitative estimate of drug-likeness (QED) is 0.449. The van der Waals surface area contributed by atoms with Crippen LogP contribution in [0.1, 0.15) is 18.9 Å². The predicted octanol–water partition coefficient (Wildman–Crippen LogP) is 3.58. The molecule has 0 radical (unpaired) electrons. The van der Waals surface area contributed by atoms with Gasteiger partial charge in [0.1, 0.15) is 17.1 Å². The highest BCUT2D eigenvalue weighted by atomic mass is 127. The highest BCUT2D eigenvalue weighted by Gasteiger charge is 2.18. The lowest BCUT2D eigenvalue weighted by Gasteiger charge is -2.12. The molecule has 0 N–H and O–H groups in total. The van der Waals surface area contributed by atoms with Crippen molar-refractivity contribution in [1.82, 2.24) is 14.5 Å². The first kappa shape index (κ1) is 10.5. The lowest BCUT2D eigenvalue weighted by Crippen LogP contribution is -2.04. The van der Waals surface area contributed by atoms with E-state index in [9.17, 15) is 0 Å². The third kappa shape index (κ3) is 1.55. The van der Waals surface area contributed by atoms with E-state index in [1.165, 1.54) is 6.33 Å². The van der Waals surface area contributed by atoms with Gasteiger partial charge in [0.15, 0.2) is 0 Å². The average Bonchev–Trinajstić information content (AvgIpc) is 2.86. The molecule has 0 atom stereocenters. The third-order valence-electron chi connectivity index (χ3n) is 2.89. The number of halogens is 2. The highest BCUT2D eigenvalue weighted by molar-refractivity contribution is 14.1. The lowest BCUT2D eigenvalue weighted by molar-refractivity contribution is 0.550. The van der Waals surface area contributed by atoms with E-state index in [1.807, 2.05) is 0 Å². The minimum atomic E-state index is 0.483. The number of fused-ring (bicyclic) bond motifs is 1. The monoisotopic (exact) mass is 345 g/mol. The largest absolute Gasteiger partial charge is 0.328 e. The molecule has 0 saturated heterocycles. The Kier molecular flexibility index (Phi) is 2.63. The number of allylic oxidation sites excluding steroid dienone is 2. The first-order chi connectivity index (χ1) is 7.77. The van der Waals surface area contributed by atoms with E-state index >= 15 is 0 Å². The highest BCUT2D eigenvalue weighted by Crippen LogP contribution is 2.32. The zero-order chi connectivity index (χ0) is 11.1. The molecule has 0 fully saturated rings. The Morgan fingerprint density at radius 3 is 2.81 bits per heavy atom. The Morgan fingerprint density at radius 1 is 1.31 bits per heavy atom. The number of aromatic nitrogens is 3. The Morgan fingerprint density at radius 2 is 2.06 bits per heavy atom. The summed E-state index contributed by atoms with van der Waals surface area (Å²) in [5.74, 6) is 0. The molecule has 1 aliphatic carbocycles. The first-order valence-corrected chi connectivity index (χ1v) is 6.54. The van der Waals surface area contributed by atoms with Gasteiger partial charge in [-0.3, -0.25) is 0 Å². The molecule has 0 aliphatic heterocycles. The van der Waals surface area contributed by atoms with Crippen molar-refractivity contribution in [2.24, 2.45) is 0 Å². The molecule has 2 aromatic heterocycles. The number of hydrogen-bond acceptors (Lipinski definition) is 2. The molecule has 16 heavy (non-hydrogen) atoms. The van der Waals surface area contributed by atoms with Crippen LogP contribution in [-0.2, 0) is 0 Å². The average molecular weight is 346 g/mol. The van der Waals surface area contributed by atoms with Gasteiger partial charge in [-0.1, -0.05) is 23.8 Å². The minimum absolute atomic E-state index is 0.483. The molecule has 0 bridgehead atoms. The van der Waals surface area contributed by atoms with Gasteiger partial charge in [0.25, 0.3) is 0 Å². The van der Waals surface area contributed by atoms with Gasteiger partial charge in [0.2, 0.25) is 0 Å². The summed E-state index contributed by atoms with van der Waals surface area (Å²) in [6.07, 6.45) is 10.2. The second kappa shape index (κ2) is 4.00. The minimum Gasteiger partial charge on any atom is -0.328 e. The van der Waals surface area contributed by atoms with Gasteiger partial charge in [-0.2, -0.15) is 0 Å². The smallest absolute Gasteiger partial charge is 0.146 e. The molecule has 3 nitrogen and oxygen atoms in total. The fraction of sp³-hybridized carbons (Fsp3) is 0.273. The van der Waals surface area contributed by atoms with Crippen molar-refractivity contribution in [2.45, 2.75) is 18.9 Å². The fourth-order valence-electron chi connectivity index (χ4n) is 2.11. The molecule has 0 spiro atoms. The summed E-state index contributed by atoms with van der Waals surface area (Å²) < 4.78 is 3.33. The summed E-state index contributed by atoms with van der Waals surface area (Å²) in [6.45, 7) is 0. The van der Waals surface area contributed by atoms with Gasteiger partial charge in [0.05, 0.1) is 5.39 Å². The van der Waals surface area contributed by atoms with Gasteiger partial charge >= 0.3 is 0 Å². The molecule has 0 unspecified atom stereocenters. The summed E-state index contributed by atoms with van der Waals surface area (Å²) in [5, 5.41) is 1.51. The van der Waals surface area contributed by atoms with Crippen LogP contribution in [0.2, 0.25) is 5.15 Å². The van der Waals surface area contributed by atoms with Crippen LogP contribution >= 0.6 is 34.2 Å². The molecule has 82 valence electrons. The molecular weight excluding hydrogens is 336 g/mol. The fourth-order valence-corrected chi connectivity index (χ4v) is 3.30. The van der Waals surface area contributed by atoms with Gasteiger partial charge in [-0.15, -0.1) is 0 Å². The third-order valence-corrected chi connectivity index (χ3v) is 4.00. The summed E-state index contributed by atoms with van der Waals surface area (Å²) in [5.41, 5.74) is 0.943. The van der Waals surface area contributed by atoms with E-state index in [2.05, 4.69) is 55.5 Å². The van der Waals surface area contributed by atoms with Crippen molar-refractivity contribution in [3.8, 4) is 0 Å². The molecule has 1 aliphatic rings. The maximum Gasteiger partial charge on any atom is 0.146 e. The van der Waals surface area contributed by atoms with Crippen LogP contribution in [0.5, 0.6) is 0 Å². The zero-order valence-corrected chi connectivity index (χ0v) is 11.3. The Hall–Kier alpha value is -0.620. The van der Waals surface area contributed by atoms with Crippen LogP contribution in [0.4, 0.5) is 0 Å². The van der Waals surface area contributed by atoms with E-state index < -0.39 is 0 Å². The van der Waals surface area contributed by atoms with Crippen LogP contribution in [-0.4, -0.2) is 14.5 Å². The zero-order valence-electron chi connectivity index (χ0n) is 8.40. The summed E-state index contributed by atoms with van der Waals surface area (Å²) in [7, 11) is 0. The van der Waals surface area contributed by atoms with Crippen molar-refractivity contribution in [3.05, 3.63) is 33.4 Å². The standard InChI is InChI=1S/C11H9ClIN3/c12-10-9-8(13)5-16(7-3-1-2-4-7)11(9)15-6-14-10/h1-2,5-7H,3-4H2. The van der Waals surface area contributed by atoms with E-state index in [4.69, 9.17) is 11.6 Å². The summed E-state index contributed by atoms with van der Waals surface area (Å²) >= 11 is 8.38. The van der Waals surface area contributed by atoms with E-state index in [-0.39, 0.29) is 0 Å². The molecule has 0 amide bonds. The van der Waals surface area contributed by atoms with Gasteiger partial charge in [0, 0.05) is 15.8 Å². The molecule has 2 heterocycles. The van der Waals surface area contributed by atoms with Crippen molar-refractivity contribution < 1.29 is 0 Å². The van der Waals surface area contributed by atoms with Crippen molar-refractivity contribution in [1.29, 1.82) is 0 Å². The maximum atomic E-state index is 6.10. The number of rotatable bonds is 1. The second-order valence-corrected chi connectivity index (χ2v) is 5.36. The molecule has 2 aromatic rings. The normalized spacial score (nSPS) is 16.4. The number of hydrogen-bond donors (Lipinski definition) is 0. The van der Waals surface area contributed by atoms with Gasteiger partial charge in [-0.05, 0) is 35.4 Å². The van der Waals surface area contributed by atoms with E-state index in [0.717, 1.165) is 27.4 Å². The topological polar surface area (TPSA) is 30.7 Å². The van der Waals surface area contributed by atoms with E-state index in [0.29, 0.717) is 11.2 Å². The van der Waals surface area contributed by atoms with Crippen molar-refractivity contribution in [3.63, 3.8) is 0 Å². The van der Waals surface area contributed by atoms with Crippen molar-refractivity contribution in [2.75, 3.05) is 0 Å². The molecular formula is C11H9ClIN3.